The molecule has 0 radical (unpaired) electrons. The number of fused-ring (bicyclic) bond motifs is 1. The summed E-state index contributed by atoms with van der Waals surface area (Å²) in [7, 11) is -3.80. The van der Waals surface area contributed by atoms with E-state index in [1.54, 1.807) is 18.2 Å². The number of aromatic nitrogens is 1. The second-order valence-corrected chi connectivity index (χ2v) is 7.49. The van der Waals surface area contributed by atoms with Crippen LogP contribution in [0.1, 0.15) is 11.1 Å². The van der Waals surface area contributed by atoms with Crippen LogP contribution >= 0.6 is 22.6 Å². The molecule has 3 rings (SSSR count). The fourth-order valence-corrected chi connectivity index (χ4v) is 3.26. The van der Waals surface area contributed by atoms with Gasteiger partial charge in [0.05, 0.1) is 17.8 Å². The van der Waals surface area contributed by atoms with Crippen molar-refractivity contribution in [1.29, 1.82) is 0 Å². The highest BCUT2D eigenvalue weighted by Gasteiger charge is 2.17. The van der Waals surface area contributed by atoms with Crippen LogP contribution in [0.5, 0.6) is 0 Å². The van der Waals surface area contributed by atoms with Crippen LogP contribution < -0.4 is 0 Å². The van der Waals surface area contributed by atoms with E-state index in [1.807, 2.05) is 13.0 Å². The van der Waals surface area contributed by atoms with Crippen LogP contribution in [-0.4, -0.2) is 13.4 Å². The second-order valence-electron chi connectivity index (χ2n) is 4.77. The second kappa shape index (κ2) is 5.98. The van der Waals surface area contributed by atoms with Crippen molar-refractivity contribution in [1.82, 2.24) is 4.98 Å². The Morgan fingerprint density at radius 1 is 1.18 bits per heavy atom. The third-order valence-corrected chi connectivity index (χ3v) is 5.01. The third kappa shape index (κ3) is 3.16. The van der Waals surface area contributed by atoms with Gasteiger partial charge in [0.25, 0.3) is 10.1 Å². The fraction of sp³-hybridized carbons (Fsp3) is 0.133. The maximum Gasteiger partial charge on any atom is 0.297 e. The molecule has 0 aliphatic carbocycles. The number of furan rings is 1. The molecule has 0 fully saturated rings. The van der Waals surface area contributed by atoms with Crippen molar-refractivity contribution < 1.29 is 17.0 Å². The zero-order valence-electron chi connectivity index (χ0n) is 11.6. The van der Waals surface area contributed by atoms with Gasteiger partial charge in [-0.25, -0.2) is 4.98 Å². The van der Waals surface area contributed by atoms with Gasteiger partial charge in [-0.3, -0.25) is 4.18 Å². The Hall–Kier alpha value is -1.45. The lowest BCUT2D eigenvalue weighted by Crippen LogP contribution is -2.06. The molecule has 0 saturated carbocycles. The number of aryl methyl sites for hydroxylation is 1. The highest BCUT2D eigenvalue weighted by molar-refractivity contribution is 14.1. The molecule has 0 N–H and O–H groups in total. The van der Waals surface area contributed by atoms with Gasteiger partial charge in [0.2, 0.25) is 0 Å². The van der Waals surface area contributed by atoms with E-state index in [1.165, 1.54) is 18.4 Å². The Morgan fingerprint density at radius 2 is 1.91 bits per heavy atom. The molecule has 0 bridgehead atoms. The normalized spacial score (nSPS) is 11.9. The van der Waals surface area contributed by atoms with E-state index in [2.05, 4.69) is 27.6 Å². The fourth-order valence-electron chi connectivity index (χ4n) is 1.95. The van der Waals surface area contributed by atoms with Crippen molar-refractivity contribution in [3.63, 3.8) is 0 Å². The first-order chi connectivity index (χ1) is 10.5. The summed E-state index contributed by atoms with van der Waals surface area (Å²) < 4.78 is 35.6. The van der Waals surface area contributed by atoms with E-state index < -0.39 is 10.1 Å². The topological polar surface area (TPSA) is 69.4 Å². The summed E-state index contributed by atoms with van der Waals surface area (Å²) in [6.07, 6.45) is 1.47. The van der Waals surface area contributed by atoms with Gasteiger partial charge in [-0.2, -0.15) is 8.42 Å². The van der Waals surface area contributed by atoms with Crippen molar-refractivity contribution in [2.75, 3.05) is 0 Å². The van der Waals surface area contributed by atoms with Crippen molar-refractivity contribution >= 4 is 43.8 Å². The van der Waals surface area contributed by atoms with Crippen LogP contribution in [-0.2, 0) is 20.9 Å². The molecule has 114 valence electrons. The van der Waals surface area contributed by atoms with Crippen LogP contribution in [0.15, 0.2) is 52.0 Å². The van der Waals surface area contributed by atoms with Crippen molar-refractivity contribution in [3.8, 4) is 0 Å². The number of halogens is 1. The summed E-state index contributed by atoms with van der Waals surface area (Å²) in [5.41, 5.74) is 2.81. The first-order valence-corrected chi connectivity index (χ1v) is 8.93. The van der Waals surface area contributed by atoms with Gasteiger partial charge in [0.15, 0.2) is 5.58 Å². The van der Waals surface area contributed by atoms with Gasteiger partial charge in [0.1, 0.15) is 9.22 Å². The number of rotatable bonds is 4. The minimum Gasteiger partial charge on any atom is -0.462 e. The number of nitrogens with zero attached hydrogens (tertiary/aromatic N) is 1. The lowest BCUT2D eigenvalue weighted by atomic mass is 10.2. The van der Waals surface area contributed by atoms with E-state index >= 15 is 0 Å². The quantitative estimate of drug-likeness (QED) is 0.360. The summed E-state index contributed by atoms with van der Waals surface area (Å²) in [6, 6.07) is 10.1. The molecule has 0 saturated heterocycles. The van der Waals surface area contributed by atoms with E-state index in [9.17, 15) is 8.42 Å². The smallest absolute Gasteiger partial charge is 0.297 e. The monoisotopic (exact) mass is 429 g/mol. The number of benzene rings is 1. The minimum atomic E-state index is -3.80. The highest BCUT2D eigenvalue weighted by atomic mass is 127. The lowest BCUT2D eigenvalue weighted by molar-refractivity contribution is 0.307. The van der Waals surface area contributed by atoms with E-state index in [0.29, 0.717) is 16.7 Å². The number of hydrogen-bond donors (Lipinski definition) is 0. The van der Waals surface area contributed by atoms with Crippen LogP contribution in [0.2, 0.25) is 0 Å². The zero-order chi connectivity index (χ0) is 15.7. The molecule has 5 nitrogen and oxygen atoms in total. The molecular formula is C15H12INO4S. The molecule has 3 aromatic rings. The standard InChI is InChI=1S/C15H12INO4S/c1-10-2-4-12(5-3-10)22(18,19)21-9-11-8-20-13-6-7-14(16)17-15(11)13/h2-8H,9H2,1H3. The minimum absolute atomic E-state index is 0.115. The zero-order valence-corrected chi connectivity index (χ0v) is 14.6. The molecule has 0 aliphatic rings. The summed E-state index contributed by atoms with van der Waals surface area (Å²) in [6.45, 7) is 1.78. The molecule has 1 aromatic carbocycles. The molecule has 0 spiro atoms. The molecule has 0 unspecified atom stereocenters. The number of hydrogen-bond acceptors (Lipinski definition) is 5. The number of pyridine rings is 1. The average molecular weight is 429 g/mol. The van der Waals surface area contributed by atoms with Crippen LogP contribution in [0.4, 0.5) is 0 Å². The largest absolute Gasteiger partial charge is 0.462 e. The van der Waals surface area contributed by atoms with E-state index in [4.69, 9.17) is 8.60 Å². The van der Waals surface area contributed by atoms with E-state index in [0.717, 1.165) is 9.26 Å². The molecule has 0 amide bonds. The maximum atomic E-state index is 12.2. The van der Waals surface area contributed by atoms with Crippen LogP contribution in [0.3, 0.4) is 0 Å². The predicted molar refractivity (Wildman–Crippen MR) is 89.9 cm³/mol. The lowest BCUT2D eigenvalue weighted by Gasteiger charge is -2.05. The van der Waals surface area contributed by atoms with Crippen molar-refractivity contribution in [3.05, 3.63) is 57.5 Å². The van der Waals surface area contributed by atoms with Gasteiger partial charge >= 0.3 is 0 Å². The van der Waals surface area contributed by atoms with Gasteiger partial charge in [-0.1, -0.05) is 17.7 Å². The molecule has 2 aromatic heterocycles. The summed E-state index contributed by atoms with van der Waals surface area (Å²) in [5.74, 6) is 0. The molecular weight excluding hydrogens is 417 g/mol. The molecule has 0 aliphatic heterocycles. The van der Waals surface area contributed by atoms with Crippen LogP contribution in [0, 0.1) is 10.6 Å². The summed E-state index contributed by atoms with van der Waals surface area (Å²) >= 11 is 2.09. The molecule has 7 heteroatoms. The average Bonchev–Trinajstić information content (AvgIpc) is 2.88. The molecule has 0 atom stereocenters. The Balaban J connectivity index is 1.84. The van der Waals surface area contributed by atoms with Gasteiger partial charge in [-0.15, -0.1) is 0 Å². The Bertz CT molecular complexity index is 916. The predicted octanol–water partition coefficient (Wildman–Crippen LogP) is 3.65. The Labute approximate surface area is 141 Å². The van der Waals surface area contributed by atoms with Crippen molar-refractivity contribution in [2.45, 2.75) is 18.4 Å². The van der Waals surface area contributed by atoms with Gasteiger partial charge in [0, 0.05) is 5.56 Å². The van der Waals surface area contributed by atoms with E-state index in [-0.39, 0.29) is 11.5 Å². The van der Waals surface area contributed by atoms with Crippen LogP contribution in [0.25, 0.3) is 11.1 Å². The first-order valence-electron chi connectivity index (χ1n) is 6.44. The van der Waals surface area contributed by atoms with Gasteiger partial charge in [-0.05, 0) is 53.8 Å². The molecule has 2 heterocycles. The molecule has 22 heavy (non-hydrogen) atoms. The first kappa shape index (κ1) is 15.4. The van der Waals surface area contributed by atoms with Crippen molar-refractivity contribution in [2.24, 2.45) is 0 Å². The summed E-state index contributed by atoms with van der Waals surface area (Å²) in [5, 5.41) is 0. The third-order valence-electron chi connectivity index (χ3n) is 3.14. The van der Waals surface area contributed by atoms with Gasteiger partial charge < -0.3 is 4.42 Å². The SMILES string of the molecule is Cc1ccc(S(=O)(=O)OCc2coc3ccc(I)nc23)cc1. The maximum absolute atomic E-state index is 12.2. The Kier molecular flexibility index (Phi) is 4.20. The highest BCUT2D eigenvalue weighted by Crippen LogP contribution is 2.23. The summed E-state index contributed by atoms with van der Waals surface area (Å²) in [4.78, 5) is 4.47. The Morgan fingerprint density at radius 3 is 2.64 bits per heavy atom.